The summed E-state index contributed by atoms with van der Waals surface area (Å²) in [4.78, 5) is 28.6. The average Bonchev–Trinajstić information content (AvgIpc) is 3.39. The largest absolute Gasteiger partial charge is 0.345 e. The van der Waals surface area contributed by atoms with E-state index in [2.05, 4.69) is 28.5 Å². The molecule has 1 atom stereocenters. The molecule has 0 saturated carbocycles. The maximum atomic E-state index is 12.4. The van der Waals surface area contributed by atoms with Crippen molar-refractivity contribution >= 4 is 40.6 Å². The number of thioether (sulfide) groups is 1. The van der Waals surface area contributed by atoms with E-state index < -0.39 is 0 Å². The minimum Gasteiger partial charge on any atom is -0.345 e. The number of benzene rings is 1. The van der Waals surface area contributed by atoms with Gasteiger partial charge in [0.25, 0.3) is 5.91 Å². The molecular weight excluding hydrogens is 454 g/mol. The van der Waals surface area contributed by atoms with Crippen LogP contribution < -0.4 is 5.32 Å². The number of nitrogens with one attached hydrogen (secondary N) is 1. The summed E-state index contributed by atoms with van der Waals surface area (Å²) < 4.78 is 1.97. The molecule has 9 heteroatoms. The van der Waals surface area contributed by atoms with Crippen LogP contribution in [0.4, 0.5) is 5.69 Å². The third kappa shape index (κ3) is 5.30. The third-order valence-electron chi connectivity index (χ3n) is 5.97. The van der Waals surface area contributed by atoms with Gasteiger partial charge in [-0.2, -0.15) is 0 Å². The number of thiophene rings is 1. The zero-order valence-electron chi connectivity index (χ0n) is 19.4. The first-order valence-corrected chi connectivity index (χ1v) is 12.9. The fraction of sp³-hybridized carbons (Fsp3) is 0.417. The molecule has 33 heavy (non-hydrogen) atoms. The molecule has 1 N–H and O–H groups in total. The molecule has 0 fully saturated rings. The van der Waals surface area contributed by atoms with E-state index in [-0.39, 0.29) is 17.6 Å². The summed E-state index contributed by atoms with van der Waals surface area (Å²) in [6.07, 6.45) is 4.82. The maximum absolute atomic E-state index is 12.4. The minimum atomic E-state index is -0.131. The number of nitrogens with zero attached hydrogens (tertiary/aromatic N) is 4. The van der Waals surface area contributed by atoms with Crippen LogP contribution in [0.1, 0.15) is 40.6 Å². The Morgan fingerprint density at radius 1 is 1.24 bits per heavy atom. The zero-order chi connectivity index (χ0) is 23.5. The fourth-order valence-corrected chi connectivity index (χ4v) is 5.93. The van der Waals surface area contributed by atoms with Gasteiger partial charge in [0.2, 0.25) is 5.91 Å². The van der Waals surface area contributed by atoms with E-state index in [1.165, 1.54) is 39.9 Å². The van der Waals surface area contributed by atoms with Gasteiger partial charge in [0.1, 0.15) is 0 Å². The van der Waals surface area contributed by atoms with Crippen molar-refractivity contribution in [1.29, 1.82) is 0 Å². The van der Waals surface area contributed by atoms with Crippen LogP contribution in [0.5, 0.6) is 0 Å². The molecule has 1 aliphatic rings. The summed E-state index contributed by atoms with van der Waals surface area (Å²) in [7, 11) is 5.37. The molecule has 0 saturated heterocycles. The van der Waals surface area contributed by atoms with E-state index in [1.54, 1.807) is 38.4 Å². The van der Waals surface area contributed by atoms with Crippen LogP contribution in [0, 0.1) is 5.92 Å². The number of hydrogen-bond donors (Lipinski definition) is 1. The van der Waals surface area contributed by atoms with Gasteiger partial charge in [-0.1, -0.05) is 25.1 Å². The first-order chi connectivity index (χ1) is 15.9. The van der Waals surface area contributed by atoms with Crippen LogP contribution in [0.25, 0.3) is 10.7 Å². The molecular formula is C24H29N5O2S2. The number of rotatable bonds is 7. The van der Waals surface area contributed by atoms with Crippen molar-refractivity contribution in [3.05, 3.63) is 46.3 Å². The zero-order valence-corrected chi connectivity index (χ0v) is 21.1. The van der Waals surface area contributed by atoms with Crippen LogP contribution >= 0.6 is 23.1 Å². The highest BCUT2D eigenvalue weighted by Gasteiger charge is 2.22. The van der Waals surface area contributed by atoms with E-state index in [4.69, 9.17) is 0 Å². The van der Waals surface area contributed by atoms with Gasteiger partial charge in [-0.3, -0.25) is 9.59 Å². The summed E-state index contributed by atoms with van der Waals surface area (Å²) in [5.74, 6) is 1.66. The molecule has 7 nitrogen and oxygen atoms in total. The molecule has 1 unspecified atom stereocenters. The molecule has 0 radical (unpaired) electrons. The number of amides is 2. The fourth-order valence-electron chi connectivity index (χ4n) is 3.99. The first-order valence-electron chi connectivity index (χ1n) is 11.1. The van der Waals surface area contributed by atoms with Crippen molar-refractivity contribution in [3.8, 4) is 10.7 Å². The third-order valence-corrected chi connectivity index (χ3v) is 8.22. The van der Waals surface area contributed by atoms with Crippen molar-refractivity contribution in [3.63, 3.8) is 0 Å². The summed E-state index contributed by atoms with van der Waals surface area (Å²) in [6, 6.07) is 9.17. The van der Waals surface area contributed by atoms with Crippen LogP contribution in [-0.4, -0.2) is 51.3 Å². The summed E-state index contributed by atoms with van der Waals surface area (Å²) in [5, 5.41) is 12.3. The molecule has 2 heterocycles. The van der Waals surface area contributed by atoms with Gasteiger partial charge < -0.3 is 14.8 Å². The van der Waals surface area contributed by atoms with Crippen molar-refractivity contribution in [2.24, 2.45) is 13.0 Å². The van der Waals surface area contributed by atoms with Gasteiger partial charge in [-0.15, -0.1) is 21.5 Å². The second-order valence-electron chi connectivity index (χ2n) is 8.56. The number of carbonyl (C=O) groups excluding carboxylic acids is 2. The van der Waals surface area contributed by atoms with E-state index in [9.17, 15) is 9.59 Å². The topological polar surface area (TPSA) is 80.1 Å². The van der Waals surface area contributed by atoms with Crippen molar-refractivity contribution < 1.29 is 9.59 Å². The quantitative estimate of drug-likeness (QED) is 0.501. The summed E-state index contributed by atoms with van der Waals surface area (Å²) >= 11 is 3.18. The van der Waals surface area contributed by atoms with Gasteiger partial charge in [0.05, 0.1) is 10.6 Å². The Balaban J connectivity index is 1.36. The molecule has 2 aromatic heterocycles. The lowest BCUT2D eigenvalue weighted by atomic mass is 9.87. The van der Waals surface area contributed by atoms with Gasteiger partial charge in [0, 0.05) is 37.3 Å². The highest BCUT2D eigenvalue weighted by molar-refractivity contribution is 7.99. The minimum absolute atomic E-state index is 0.0710. The Morgan fingerprint density at radius 3 is 2.70 bits per heavy atom. The molecule has 2 amide bonds. The van der Waals surface area contributed by atoms with E-state index >= 15 is 0 Å². The molecule has 3 aromatic rings. The lowest BCUT2D eigenvalue weighted by Gasteiger charge is -2.19. The Morgan fingerprint density at radius 2 is 2.00 bits per heavy atom. The number of aryl methyl sites for hydroxylation is 1. The van der Waals surface area contributed by atoms with Crippen LogP contribution in [0.3, 0.4) is 0 Å². The van der Waals surface area contributed by atoms with Crippen LogP contribution in [0.15, 0.2) is 35.5 Å². The maximum Gasteiger partial charge on any atom is 0.253 e. The van der Waals surface area contributed by atoms with E-state index in [0.717, 1.165) is 29.5 Å². The van der Waals surface area contributed by atoms with Gasteiger partial charge >= 0.3 is 0 Å². The molecule has 0 aliphatic heterocycles. The SMILES string of the molecule is CCC1CCc2sc(-c3nnc(SCC(=O)Nc4ccc(C(=O)N(C)C)cc4)n3C)cc2C1. The Labute approximate surface area is 202 Å². The summed E-state index contributed by atoms with van der Waals surface area (Å²) in [5.41, 5.74) is 2.70. The number of aromatic nitrogens is 3. The average molecular weight is 484 g/mol. The second kappa shape index (κ2) is 10.1. The van der Waals surface area contributed by atoms with Crippen molar-refractivity contribution in [1.82, 2.24) is 19.7 Å². The molecule has 0 bridgehead atoms. The van der Waals surface area contributed by atoms with Gasteiger partial charge in [-0.25, -0.2) is 0 Å². The molecule has 1 aliphatic carbocycles. The molecule has 0 spiro atoms. The van der Waals surface area contributed by atoms with Crippen LogP contribution in [-0.2, 0) is 24.7 Å². The number of fused-ring (bicyclic) bond motifs is 1. The second-order valence-corrected chi connectivity index (χ2v) is 10.6. The normalized spacial score (nSPS) is 15.2. The van der Waals surface area contributed by atoms with E-state index in [0.29, 0.717) is 16.4 Å². The molecule has 1 aromatic carbocycles. The van der Waals surface area contributed by atoms with Gasteiger partial charge in [0.15, 0.2) is 11.0 Å². The number of anilines is 1. The Hall–Kier alpha value is -2.65. The molecule has 4 rings (SSSR count). The Kier molecular flexibility index (Phi) is 7.19. The highest BCUT2D eigenvalue weighted by atomic mass is 32.2. The number of hydrogen-bond acceptors (Lipinski definition) is 6. The first kappa shape index (κ1) is 23.5. The molecule has 174 valence electrons. The van der Waals surface area contributed by atoms with Crippen LogP contribution in [0.2, 0.25) is 0 Å². The lowest BCUT2D eigenvalue weighted by Crippen LogP contribution is -2.21. The Bertz CT molecular complexity index is 1150. The lowest BCUT2D eigenvalue weighted by molar-refractivity contribution is -0.113. The predicted molar refractivity (Wildman–Crippen MR) is 134 cm³/mol. The van der Waals surface area contributed by atoms with Crippen molar-refractivity contribution in [2.75, 3.05) is 25.2 Å². The van der Waals surface area contributed by atoms with Crippen molar-refractivity contribution in [2.45, 2.75) is 37.8 Å². The smallest absolute Gasteiger partial charge is 0.253 e. The highest BCUT2D eigenvalue weighted by Crippen LogP contribution is 2.38. The van der Waals surface area contributed by atoms with E-state index in [1.807, 2.05) is 23.0 Å². The monoisotopic (exact) mass is 483 g/mol. The standard InChI is InChI=1S/C24H29N5O2S2/c1-5-15-6-11-19-17(12-15)13-20(33-19)22-26-27-24(29(22)4)32-14-21(30)25-18-9-7-16(8-10-18)23(31)28(2)3/h7-10,13,15H,5-6,11-12,14H2,1-4H3,(H,25,30). The summed E-state index contributed by atoms with van der Waals surface area (Å²) in [6.45, 7) is 2.27. The predicted octanol–water partition coefficient (Wildman–Crippen LogP) is 4.49. The number of carbonyl (C=O) groups is 2. The van der Waals surface area contributed by atoms with Gasteiger partial charge in [-0.05, 0) is 61.1 Å².